The Bertz CT molecular complexity index is 2030. The summed E-state index contributed by atoms with van der Waals surface area (Å²) in [5.74, 6) is -2.25. The molecule has 12 heteroatoms. The van der Waals surface area contributed by atoms with Crippen LogP contribution in [0.3, 0.4) is 0 Å². The van der Waals surface area contributed by atoms with Gasteiger partial charge in [0.1, 0.15) is 11.7 Å². The van der Waals surface area contributed by atoms with Crippen molar-refractivity contribution in [2.45, 2.75) is 58.5 Å². The van der Waals surface area contributed by atoms with Crippen LogP contribution in [0.1, 0.15) is 73.0 Å². The van der Waals surface area contributed by atoms with E-state index in [1.807, 2.05) is 48.5 Å². The molecule has 0 unspecified atom stereocenters. The Labute approximate surface area is 294 Å². The molecule has 0 fully saturated rings. The third-order valence-electron chi connectivity index (χ3n) is 8.65. The van der Waals surface area contributed by atoms with E-state index in [4.69, 9.17) is 4.74 Å². The normalized spacial score (nSPS) is 13.8. The van der Waals surface area contributed by atoms with E-state index in [-0.39, 0.29) is 54.7 Å². The Hall–Kier alpha value is -6.04. The van der Waals surface area contributed by atoms with Gasteiger partial charge in [-0.3, -0.25) is 24.0 Å². The number of ether oxygens (including phenoxy) is 1. The van der Waals surface area contributed by atoms with Gasteiger partial charge in [-0.2, -0.15) is 0 Å². The van der Waals surface area contributed by atoms with Crippen LogP contribution in [0.5, 0.6) is 5.75 Å². The highest BCUT2D eigenvalue weighted by Crippen LogP contribution is 2.32. The highest BCUT2D eigenvalue weighted by Gasteiger charge is 2.25. The first-order valence-electron chi connectivity index (χ1n) is 16.9. The number of nitrogens with zero attached hydrogens (tertiary/aromatic N) is 1. The summed E-state index contributed by atoms with van der Waals surface area (Å²) in [6.07, 6.45) is 3.14. The number of allylic oxidation sites excluding steroid dienone is 1. The van der Waals surface area contributed by atoms with Crippen molar-refractivity contribution < 1.29 is 29.0 Å². The number of para-hydroxylation sites is 1. The number of anilines is 3. The third kappa shape index (κ3) is 8.77. The first-order valence-corrected chi connectivity index (χ1v) is 16.9. The summed E-state index contributed by atoms with van der Waals surface area (Å²) in [7, 11) is 0. The van der Waals surface area contributed by atoms with Crippen LogP contribution in [0.2, 0.25) is 0 Å². The van der Waals surface area contributed by atoms with Gasteiger partial charge in [0.25, 0.3) is 16.8 Å². The van der Waals surface area contributed by atoms with Crippen LogP contribution in [-0.2, 0) is 20.9 Å². The number of benzene rings is 3. The van der Waals surface area contributed by atoms with E-state index >= 15 is 0 Å². The van der Waals surface area contributed by atoms with E-state index in [0.29, 0.717) is 31.6 Å². The number of amides is 3. The average Bonchev–Trinajstić information content (AvgIpc) is 3.13. The molecule has 5 rings (SSSR count). The fourth-order valence-corrected chi connectivity index (χ4v) is 5.95. The lowest BCUT2D eigenvalue weighted by molar-refractivity contribution is -0.139. The third-order valence-corrected chi connectivity index (χ3v) is 8.65. The number of hydrogen-bond acceptors (Lipinski definition) is 8. The van der Waals surface area contributed by atoms with E-state index in [0.717, 1.165) is 28.0 Å². The van der Waals surface area contributed by atoms with Gasteiger partial charge in [0.15, 0.2) is 5.75 Å². The molecule has 0 radical (unpaired) electrons. The summed E-state index contributed by atoms with van der Waals surface area (Å²) in [6, 6.07) is 20.5. The van der Waals surface area contributed by atoms with Gasteiger partial charge in [-0.25, -0.2) is 4.79 Å². The maximum absolute atomic E-state index is 13.5. The summed E-state index contributed by atoms with van der Waals surface area (Å²) in [5.41, 5.74) is 4.25. The lowest BCUT2D eigenvalue weighted by atomic mass is 9.95. The molecular weight excluding hydrogens is 652 g/mol. The van der Waals surface area contributed by atoms with E-state index in [1.165, 1.54) is 24.3 Å². The first kappa shape index (κ1) is 36.2. The number of carbonyl (C=O) groups is 4. The quantitative estimate of drug-likeness (QED) is 0.101. The minimum Gasteiger partial charge on any atom is -0.488 e. The second kappa shape index (κ2) is 16.6. The fraction of sp³-hybridized carbons (Fsp3) is 0.282. The van der Waals surface area contributed by atoms with E-state index in [9.17, 15) is 33.9 Å². The zero-order valence-corrected chi connectivity index (χ0v) is 28.5. The van der Waals surface area contributed by atoms with E-state index in [1.54, 1.807) is 11.8 Å². The van der Waals surface area contributed by atoms with Gasteiger partial charge in [0.05, 0.1) is 18.8 Å². The number of carbonyl (C=O) groups excluding carboxylic acids is 3. The molecule has 4 aromatic carbocycles. The van der Waals surface area contributed by atoms with Crippen LogP contribution in [-0.4, -0.2) is 48.0 Å². The second-order valence-electron chi connectivity index (χ2n) is 12.2. The van der Waals surface area contributed by atoms with Gasteiger partial charge < -0.3 is 30.7 Å². The van der Waals surface area contributed by atoms with Crippen molar-refractivity contribution in [1.29, 1.82) is 0 Å². The molecule has 4 N–H and O–H groups in total. The monoisotopic (exact) mass is 692 g/mol. The van der Waals surface area contributed by atoms with Crippen molar-refractivity contribution in [2.24, 2.45) is 0 Å². The molecular formula is C39H40N4O8. The topological polar surface area (TPSA) is 171 Å². The summed E-state index contributed by atoms with van der Waals surface area (Å²) < 4.78 is 5.19. The van der Waals surface area contributed by atoms with Crippen molar-refractivity contribution in [3.05, 3.63) is 115 Å². The molecule has 3 amide bonds. The number of nitrogens with one attached hydrogen (secondary N) is 3. The lowest BCUT2D eigenvalue weighted by Gasteiger charge is -2.28. The average molecular weight is 693 g/mol. The van der Waals surface area contributed by atoms with Crippen LogP contribution in [0.15, 0.2) is 82.4 Å². The Morgan fingerprint density at radius 2 is 1.63 bits per heavy atom. The summed E-state index contributed by atoms with van der Waals surface area (Å²) >= 11 is 0. The zero-order valence-electron chi connectivity index (χ0n) is 28.5. The molecule has 0 spiro atoms. The molecule has 1 atom stereocenters. The van der Waals surface area contributed by atoms with Gasteiger partial charge in [-0.05, 0) is 91.8 Å². The molecule has 0 aliphatic carbocycles. The van der Waals surface area contributed by atoms with Gasteiger partial charge in [0, 0.05) is 30.6 Å². The maximum atomic E-state index is 13.5. The highest BCUT2D eigenvalue weighted by molar-refractivity contribution is 5.99. The Morgan fingerprint density at radius 3 is 2.37 bits per heavy atom. The summed E-state index contributed by atoms with van der Waals surface area (Å²) in [6.45, 7) is 4.66. The molecule has 12 nitrogen and oxygen atoms in total. The molecule has 51 heavy (non-hydrogen) atoms. The fourth-order valence-electron chi connectivity index (χ4n) is 5.95. The predicted molar refractivity (Wildman–Crippen MR) is 195 cm³/mol. The van der Waals surface area contributed by atoms with Gasteiger partial charge >= 0.3 is 5.97 Å². The van der Waals surface area contributed by atoms with Crippen molar-refractivity contribution in [2.75, 3.05) is 23.4 Å². The molecule has 0 saturated heterocycles. The molecule has 0 aromatic heterocycles. The molecule has 0 bridgehead atoms. The standard InChI is InChI=1S/C39H40N4O8/c1-3-51-37-34(35(46)36(37)47)41-28-17-15-25(16-18-28)38(48)42-30(39(49)50)13-8-9-21-40-32(44)19-20-33(45)43-23-27-11-4-6-12-29(27)24(2)22-26-10-5-7-14-31(26)43/h4-7,10-12,14-18,22,30,41H,3,8-9,13,19-21,23H2,1-2H3,(H,40,44)(H,42,48)(H,49,50)/b24-22-/t30-/m0/s1. The summed E-state index contributed by atoms with van der Waals surface area (Å²) in [5, 5.41) is 17.8. The Balaban J connectivity index is 1.06. The first-order chi connectivity index (χ1) is 24.6. The predicted octanol–water partition coefficient (Wildman–Crippen LogP) is 4.78. The largest absolute Gasteiger partial charge is 0.488 e. The molecule has 0 saturated carbocycles. The number of rotatable bonds is 15. The number of fused-ring (bicyclic) bond motifs is 2. The number of aliphatic carboxylic acids is 1. The number of carboxylic acids is 1. The van der Waals surface area contributed by atoms with Crippen LogP contribution in [0, 0.1) is 0 Å². The van der Waals surface area contributed by atoms with Crippen LogP contribution < -0.4 is 36.4 Å². The minimum absolute atomic E-state index is 0.00977. The lowest BCUT2D eigenvalue weighted by Crippen LogP contribution is -2.40. The van der Waals surface area contributed by atoms with Crippen molar-refractivity contribution in [3.63, 3.8) is 0 Å². The second-order valence-corrected chi connectivity index (χ2v) is 12.2. The van der Waals surface area contributed by atoms with Gasteiger partial charge in [-0.1, -0.05) is 42.5 Å². The molecule has 264 valence electrons. The van der Waals surface area contributed by atoms with Crippen LogP contribution in [0.25, 0.3) is 11.6 Å². The smallest absolute Gasteiger partial charge is 0.326 e. The number of unbranched alkanes of at least 4 members (excludes halogenated alkanes) is 1. The molecule has 1 aliphatic heterocycles. The molecule has 1 heterocycles. The van der Waals surface area contributed by atoms with Crippen LogP contribution in [0.4, 0.5) is 17.1 Å². The number of hydrogen-bond donors (Lipinski definition) is 4. The number of carboxylic acid groups (broad SMARTS) is 1. The van der Waals surface area contributed by atoms with Crippen molar-refractivity contribution >= 4 is 52.4 Å². The summed E-state index contributed by atoms with van der Waals surface area (Å²) in [4.78, 5) is 76.0. The minimum atomic E-state index is -1.19. The molecule has 1 aliphatic rings. The maximum Gasteiger partial charge on any atom is 0.326 e. The van der Waals surface area contributed by atoms with Gasteiger partial charge in [0.2, 0.25) is 11.8 Å². The van der Waals surface area contributed by atoms with E-state index in [2.05, 4.69) is 29.0 Å². The van der Waals surface area contributed by atoms with Crippen molar-refractivity contribution in [1.82, 2.24) is 10.6 Å². The van der Waals surface area contributed by atoms with Gasteiger partial charge in [-0.15, -0.1) is 0 Å². The highest BCUT2D eigenvalue weighted by atomic mass is 16.5. The van der Waals surface area contributed by atoms with Crippen LogP contribution >= 0.6 is 0 Å². The van der Waals surface area contributed by atoms with E-state index < -0.39 is 28.8 Å². The SMILES string of the molecule is CCOc1c(Nc2ccc(C(=O)N[C@@H](CCCCNC(=O)CCC(=O)N3Cc4ccccc4/C(C)=C\c4ccccc43)C(=O)O)cc2)c(=O)c1=O. The Kier molecular flexibility index (Phi) is 11.8. The molecule has 4 aromatic rings. The Morgan fingerprint density at radius 1 is 0.902 bits per heavy atom. The zero-order chi connectivity index (χ0) is 36.5. The van der Waals surface area contributed by atoms with Crippen molar-refractivity contribution in [3.8, 4) is 5.75 Å².